The molecule has 1 fully saturated rings. The van der Waals surface area contributed by atoms with Crippen LogP contribution >= 0.6 is 0 Å². The van der Waals surface area contributed by atoms with Gasteiger partial charge < -0.3 is 15.5 Å². The summed E-state index contributed by atoms with van der Waals surface area (Å²) < 4.78 is 26.8. The van der Waals surface area contributed by atoms with Crippen LogP contribution in [-0.4, -0.2) is 60.5 Å². The number of benzene rings is 1. The van der Waals surface area contributed by atoms with Crippen molar-refractivity contribution in [2.75, 3.05) is 32.7 Å². The van der Waals surface area contributed by atoms with Crippen LogP contribution in [0.25, 0.3) is 0 Å². The third kappa shape index (κ3) is 5.66. The summed E-state index contributed by atoms with van der Waals surface area (Å²) in [6.45, 7) is 7.94. The second-order valence-corrected chi connectivity index (χ2v) is 6.82. The van der Waals surface area contributed by atoms with E-state index in [1.807, 2.05) is 18.7 Å². The van der Waals surface area contributed by atoms with Gasteiger partial charge in [0.2, 0.25) is 5.91 Å². The predicted octanol–water partition coefficient (Wildman–Crippen LogP) is 1.88. The van der Waals surface area contributed by atoms with Gasteiger partial charge in [0.1, 0.15) is 11.6 Å². The molecule has 144 valence electrons. The Hall–Kier alpha value is -2.22. The fraction of sp³-hybridized carbons (Fsp3) is 0.556. The highest BCUT2D eigenvalue weighted by Crippen LogP contribution is 2.18. The average Bonchev–Trinajstić information content (AvgIpc) is 2.54. The Morgan fingerprint density at radius 1 is 1.08 bits per heavy atom. The summed E-state index contributed by atoms with van der Waals surface area (Å²) in [5, 5.41) is 5.58. The molecule has 2 N–H and O–H groups in total. The molecule has 26 heavy (non-hydrogen) atoms. The van der Waals surface area contributed by atoms with Gasteiger partial charge in [-0.25, -0.2) is 13.6 Å². The van der Waals surface area contributed by atoms with Crippen LogP contribution in [0.3, 0.4) is 0 Å². The predicted molar refractivity (Wildman–Crippen MR) is 94.6 cm³/mol. The summed E-state index contributed by atoms with van der Waals surface area (Å²) in [5.74, 6) is -1.36. The van der Waals surface area contributed by atoms with E-state index in [1.165, 1.54) is 12.1 Å². The molecule has 1 saturated heterocycles. The van der Waals surface area contributed by atoms with E-state index in [1.54, 1.807) is 11.8 Å². The van der Waals surface area contributed by atoms with Crippen LogP contribution < -0.4 is 10.6 Å². The first-order valence-corrected chi connectivity index (χ1v) is 8.78. The number of piperazine rings is 1. The monoisotopic (exact) mass is 368 g/mol. The van der Waals surface area contributed by atoms with Gasteiger partial charge in [-0.3, -0.25) is 9.69 Å². The minimum Gasteiger partial charge on any atom is -0.353 e. The van der Waals surface area contributed by atoms with Gasteiger partial charge in [-0.05, 0) is 26.8 Å². The number of halogens is 2. The first-order chi connectivity index (χ1) is 12.3. The number of carbonyl (C=O) groups excluding carboxylic acids is 2. The molecule has 3 amide bonds. The number of amides is 3. The maximum Gasteiger partial charge on any atom is 0.317 e. The van der Waals surface area contributed by atoms with E-state index in [4.69, 9.17) is 0 Å². The second kappa shape index (κ2) is 8.93. The largest absolute Gasteiger partial charge is 0.353 e. The fourth-order valence-electron chi connectivity index (χ4n) is 2.89. The summed E-state index contributed by atoms with van der Waals surface area (Å²) >= 11 is 0. The molecule has 8 heteroatoms. The Balaban J connectivity index is 1.81. The van der Waals surface area contributed by atoms with Crippen LogP contribution in [-0.2, 0) is 4.79 Å². The van der Waals surface area contributed by atoms with Gasteiger partial charge in [-0.2, -0.15) is 0 Å². The molecule has 1 aromatic rings. The van der Waals surface area contributed by atoms with Gasteiger partial charge in [-0.1, -0.05) is 6.07 Å². The second-order valence-electron chi connectivity index (χ2n) is 6.82. The highest BCUT2D eigenvalue weighted by atomic mass is 19.1. The number of hydrogen-bond donors (Lipinski definition) is 2. The molecule has 1 aromatic carbocycles. The Morgan fingerprint density at radius 3 is 2.31 bits per heavy atom. The van der Waals surface area contributed by atoms with Crippen molar-refractivity contribution in [3.8, 4) is 0 Å². The number of urea groups is 1. The molecule has 6 nitrogen and oxygen atoms in total. The van der Waals surface area contributed by atoms with Crippen LogP contribution in [0.5, 0.6) is 0 Å². The maximum absolute atomic E-state index is 13.8. The van der Waals surface area contributed by atoms with E-state index in [9.17, 15) is 18.4 Å². The number of rotatable bonds is 5. The first-order valence-electron chi connectivity index (χ1n) is 8.78. The fourth-order valence-corrected chi connectivity index (χ4v) is 2.89. The summed E-state index contributed by atoms with van der Waals surface area (Å²) in [7, 11) is 0. The number of nitrogens with one attached hydrogen (secondary N) is 2. The molecule has 0 aliphatic carbocycles. The van der Waals surface area contributed by atoms with Gasteiger partial charge in [0.05, 0.1) is 12.6 Å². The summed E-state index contributed by atoms with van der Waals surface area (Å²) in [6.07, 6.45) is 0. The van der Waals surface area contributed by atoms with E-state index in [-0.39, 0.29) is 23.5 Å². The third-order valence-electron chi connectivity index (χ3n) is 4.25. The van der Waals surface area contributed by atoms with Crippen molar-refractivity contribution in [1.82, 2.24) is 20.4 Å². The van der Waals surface area contributed by atoms with Crippen LogP contribution in [0.2, 0.25) is 0 Å². The lowest BCUT2D eigenvalue weighted by Crippen LogP contribution is -2.54. The van der Waals surface area contributed by atoms with Gasteiger partial charge >= 0.3 is 6.03 Å². The SMILES string of the molecule is CC(C)NC(=O)CN1CCN(C(=O)N[C@H](C)c2ccc(F)cc2F)CC1. The van der Waals surface area contributed by atoms with E-state index < -0.39 is 17.7 Å². The number of hydrogen-bond acceptors (Lipinski definition) is 3. The van der Waals surface area contributed by atoms with Gasteiger partial charge in [-0.15, -0.1) is 0 Å². The summed E-state index contributed by atoms with van der Waals surface area (Å²) in [6, 6.07) is 2.54. The molecular formula is C18H26F2N4O2. The van der Waals surface area contributed by atoms with Gasteiger partial charge in [0.25, 0.3) is 0 Å². The number of nitrogens with zero attached hydrogens (tertiary/aromatic N) is 2. The molecule has 1 aliphatic rings. The zero-order chi connectivity index (χ0) is 19.3. The van der Waals surface area contributed by atoms with E-state index >= 15 is 0 Å². The van der Waals surface area contributed by atoms with Crippen molar-refractivity contribution >= 4 is 11.9 Å². The smallest absolute Gasteiger partial charge is 0.317 e. The molecule has 1 aliphatic heterocycles. The van der Waals surface area contributed by atoms with Crippen molar-refractivity contribution in [3.63, 3.8) is 0 Å². The van der Waals surface area contributed by atoms with Gasteiger partial charge in [0, 0.05) is 43.9 Å². The highest BCUT2D eigenvalue weighted by molar-refractivity contribution is 5.78. The molecule has 1 heterocycles. The normalized spacial score (nSPS) is 16.5. The Labute approximate surface area is 152 Å². The highest BCUT2D eigenvalue weighted by Gasteiger charge is 2.24. The van der Waals surface area contributed by atoms with Crippen LogP contribution in [0.4, 0.5) is 13.6 Å². The van der Waals surface area contributed by atoms with E-state index in [0.717, 1.165) is 6.07 Å². The van der Waals surface area contributed by atoms with Crippen LogP contribution in [0.1, 0.15) is 32.4 Å². The molecule has 0 aromatic heterocycles. The van der Waals surface area contributed by atoms with Crippen LogP contribution in [0, 0.1) is 11.6 Å². The minimum atomic E-state index is -0.682. The molecule has 1 atom stereocenters. The van der Waals surface area contributed by atoms with Crippen molar-refractivity contribution in [3.05, 3.63) is 35.4 Å². The Morgan fingerprint density at radius 2 is 1.73 bits per heavy atom. The zero-order valence-corrected chi connectivity index (χ0v) is 15.4. The topological polar surface area (TPSA) is 64.7 Å². The average molecular weight is 368 g/mol. The van der Waals surface area contributed by atoms with Crippen LogP contribution in [0.15, 0.2) is 18.2 Å². The lowest BCUT2D eigenvalue weighted by Gasteiger charge is -2.35. The molecule has 0 unspecified atom stereocenters. The quantitative estimate of drug-likeness (QED) is 0.834. The standard InChI is InChI=1S/C18H26F2N4O2/c1-12(2)21-17(25)11-23-6-8-24(9-7-23)18(26)22-13(3)15-5-4-14(19)10-16(15)20/h4-5,10,12-13H,6-9,11H2,1-3H3,(H,21,25)(H,22,26)/t13-/m1/s1. The third-order valence-corrected chi connectivity index (χ3v) is 4.25. The van der Waals surface area contributed by atoms with Gasteiger partial charge in [0.15, 0.2) is 0 Å². The molecule has 2 rings (SSSR count). The molecule has 0 radical (unpaired) electrons. The zero-order valence-electron chi connectivity index (χ0n) is 15.4. The first kappa shape index (κ1) is 20.1. The summed E-state index contributed by atoms with van der Waals surface area (Å²) in [5.41, 5.74) is 0.240. The molecule has 0 bridgehead atoms. The van der Waals surface area contributed by atoms with E-state index in [2.05, 4.69) is 10.6 Å². The van der Waals surface area contributed by atoms with Crippen molar-refractivity contribution < 1.29 is 18.4 Å². The molecular weight excluding hydrogens is 342 g/mol. The Bertz CT molecular complexity index is 646. The lowest BCUT2D eigenvalue weighted by molar-refractivity contribution is -0.123. The van der Waals surface area contributed by atoms with Crippen molar-refractivity contribution in [1.29, 1.82) is 0 Å². The van der Waals surface area contributed by atoms with E-state index in [0.29, 0.717) is 32.7 Å². The Kier molecular flexibility index (Phi) is 6.90. The minimum absolute atomic E-state index is 0.0293. The van der Waals surface area contributed by atoms with Crippen molar-refractivity contribution in [2.24, 2.45) is 0 Å². The number of carbonyl (C=O) groups is 2. The maximum atomic E-state index is 13.8. The molecule has 0 spiro atoms. The summed E-state index contributed by atoms with van der Waals surface area (Å²) in [4.78, 5) is 27.8. The molecule has 0 saturated carbocycles. The van der Waals surface area contributed by atoms with Crippen molar-refractivity contribution in [2.45, 2.75) is 32.9 Å². The lowest BCUT2D eigenvalue weighted by atomic mass is 10.1.